The van der Waals surface area contributed by atoms with Gasteiger partial charge >= 0.3 is 11.9 Å². The van der Waals surface area contributed by atoms with Gasteiger partial charge in [0.25, 0.3) is 0 Å². The van der Waals surface area contributed by atoms with Gasteiger partial charge in [-0.2, -0.15) is 0 Å². The van der Waals surface area contributed by atoms with Gasteiger partial charge in [-0.1, -0.05) is 48.6 Å². The summed E-state index contributed by atoms with van der Waals surface area (Å²) in [4.78, 5) is 26.5. The molecule has 6 heteroatoms. The molecule has 0 N–H and O–H groups in total. The number of hydrogen-bond acceptors (Lipinski definition) is 6. The van der Waals surface area contributed by atoms with E-state index in [0.29, 0.717) is 57.9 Å². The van der Waals surface area contributed by atoms with E-state index in [1.54, 1.807) is 6.08 Å². The minimum absolute atomic E-state index is 0.141. The highest BCUT2D eigenvalue weighted by Crippen LogP contribution is 2.36. The molecule has 0 aliphatic rings. The van der Waals surface area contributed by atoms with Gasteiger partial charge in [0.05, 0.1) is 11.1 Å². The number of rotatable bonds is 11. The molecule has 0 spiro atoms. The lowest BCUT2D eigenvalue weighted by molar-refractivity contribution is -0.0126. The standard InChI is InChI=1S/C34H38O6/c1-9-14-27-28(15-10-2)30(21(3)18-29(27)38-19-26-16-12-11-13-17-26)34(36)40-32-24(6)22(4)31(23(5)25(32)7)33(35)39-20-37-8/h9-13,15-18H,1,14,19-20H2,2-8H3/b15-10+. The molecule has 0 amide bonds. The summed E-state index contributed by atoms with van der Waals surface area (Å²) in [5.41, 5.74) is 7.05. The number of ether oxygens (including phenoxy) is 4. The Morgan fingerprint density at radius 3 is 2.12 bits per heavy atom. The van der Waals surface area contributed by atoms with E-state index in [1.165, 1.54) is 7.11 Å². The van der Waals surface area contributed by atoms with Crippen molar-refractivity contribution in [1.29, 1.82) is 0 Å². The van der Waals surface area contributed by atoms with Crippen LogP contribution in [0.5, 0.6) is 11.5 Å². The Balaban J connectivity index is 2.06. The maximum absolute atomic E-state index is 13.8. The van der Waals surface area contributed by atoms with E-state index in [0.717, 1.165) is 22.3 Å². The molecule has 210 valence electrons. The first kappa shape index (κ1) is 30.4. The highest BCUT2D eigenvalue weighted by molar-refractivity contribution is 5.99. The summed E-state index contributed by atoms with van der Waals surface area (Å²) in [5, 5.41) is 0. The van der Waals surface area contributed by atoms with Crippen LogP contribution in [0.2, 0.25) is 0 Å². The van der Waals surface area contributed by atoms with E-state index in [-0.39, 0.29) is 6.79 Å². The second kappa shape index (κ2) is 13.8. The van der Waals surface area contributed by atoms with Crippen molar-refractivity contribution in [2.45, 2.75) is 54.6 Å². The molecule has 0 aromatic heterocycles. The number of aryl methyl sites for hydroxylation is 1. The van der Waals surface area contributed by atoms with Crippen LogP contribution in [0.15, 0.2) is 55.1 Å². The summed E-state index contributed by atoms with van der Waals surface area (Å²) in [7, 11) is 1.46. The van der Waals surface area contributed by atoms with Crippen molar-refractivity contribution < 1.29 is 28.5 Å². The quantitative estimate of drug-likeness (QED) is 0.108. The Morgan fingerprint density at radius 2 is 1.55 bits per heavy atom. The monoisotopic (exact) mass is 542 g/mol. The van der Waals surface area contributed by atoms with Gasteiger partial charge in [-0.15, -0.1) is 6.58 Å². The first-order chi connectivity index (χ1) is 19.2. The highest BCUT2D eigenvalue weighted by Gasteiger charge is 2.26. The smallest absolute Gasteiger partial charge is 0.344 e. The van der Waals surface area contributed by atoms with E-state index in [9.17, 15) is 9.59 Å². The van der Waals surface area contributed by atoms with Crippen LogP contribution < -0.4 is 9.47 Å². The minimum Gasteiger partial charge on any atom is -0.489 e. The largest absolute Gasteiger partial charge is 0.489 e. The predicted molar refractivity (Wildman–Crippen MR) is 158 cm³/mol. The lowest BCUT2D eigenvalue weighted by Gasteiger charge is -2.21. The van der Waals surface area contributed by atoms with Crippen molar-refractivity contribution >= 4 is 18.0 Å². The molecule has 0 saturated heterocycles. The first-order valence-electron chi connectivity index (χ1n) is 13.2. The topological polar surface area (TPSA) is 71.1 Å². The van der Waals surface area contributed by atoms with E-state index < -0.39 is 11.9 Å². The molecule has 0 atom stereocenters. The Bertz CT molecular complexity index is 1400. The Kier molecular flexibility index (Phi) is 10.5. The number of methoxy groups -OCH3 is 1. The molecule has 3 aromatic carbocycles. The van der Waals surface area contributed by atoms with Gasteiger partial charge in [0.15, 0.2) is 6.79 Å². The first-order valence-corrected chi connectivity index (χ1v) is 13.2. The maximum atomic E-state index is 13.8. The van der Waals surface area contributed by atoms with Gasteiger partial charge in [-0.3, -0.25) is 0 Å². The van der Waals surface area contributed by atoms with E-state index in [4.69, 9.17) is 18.9 Å². The zero-order valence-electron chi connectivity index (χ0n) is 24.5. The number of carbonyl (C=O) groups excluding carboxylic acids is 2. The number of allylic oxidation sites excluding steroid dienone is 2. The zero-order chi connectivity index (χ0) is 29.4. The number of hydrogen-bond donors (Lipinski definition) is 0. The fraction of sp³-hybridized carbons (Fsp3) is 0.294. The van der Waals surface area contributed by atoms with E-state index in [1.807, 2.05) is 90.1 Å². The van der Waals surface area contributed by atoms with Crippen molar-refractivity contribution in [1.82, 2.24) is 0 Å². The molecule has 6 nitrogen and oxygen atoms in total. The molecule has 40 heavy (non-hydrogen) atoms. The average Bonchev–Trinajstić information content (AvgIpc) is 2.94. The third kappa shape index (κ3) is 6.52. The molecule has 0 heterocycles. The van der Waals surface area contributed by atoms with Crippen molar-refractivity contribution in [2.24, 2.45) is 0 Å². The SMILES string of the molecule is C=CCc1c(OCc2ccccc2)cc(C)c(C(=O)Oc2c(C)c(C)c(C(=O)OCOC)c(C)c2C)c1/C=C/C. The summed E-state index contributed by atoms with van der Waals surface area (Å²) in [6.45, 7) is 15.3. The number of benzene rings is 3. The van der Waals surface area contributed by atoms with Gasteiger partial charge in [-0.05, 0) is 93.0 Å². The normalized spacial score (nSPS) is 11.0. The lowest BCUT2D eigenvalue weighted by Crippen LogP contribution is -2.18. The molecular formula is C34H38O6. The van der Waals surface area contributed by atoms with Crippen molar-refractivity contribution in [3.63, 3.8) is 0 Å². The van der Waals surface area contributed by atoms with Crippen molar-refractivity contribution in [3.8, 4) is 11.5 Å². The summed E-state index contributed by atoms with van der Waals surface area (Å²) < 4.78 is 22.4. The van der Waals surface area contributed by atoms with Crippen LogP contribution >= 0.6 is 0 Å². The van der Waals surface area contributed by atoms with Crippen LogP contribution in [0.25, 0.3) is 6.08 Å². The van der Waals surface area contributed by atoms with Crippen molar-refractivity contribution in [3.05, 3.63) is 111 Å². The predicted octanol–water partition coefficient (Wildman–Crippen LogP) is 7.55. The summed E-state index contributed by atoms with van der Waals surface area (Å²) >= 11 is 0. The minimum atomic E-state index is -0.481. The molecule has 0 fully saturated rings. The van der Waals surface area contributed by atoms with Gasteiger partial charge in [0, 0.05) is 12.7 Å². The lowest BCUT2D eigenvalue weighted by atomic mass is 9.92. The van der Waals surface area contributed by atoms with Crippen LogP contribution in [0.4, 0.5) is 0 Å². The number of esters is 2. The van der Waals surface area contributed by atoms with E-state index >= 15 is 0 Å². The molecule has 3 rings (SSSR count). The molecule has 0 unspecified atom stereocenters. The summed E-state index contributed by atoms with van der Waals surface area (Å²) in [5.74, 6) is 0.171. The molecule has 0 radical (unpaired) electrons. The highest BCUT2D eigenvalue weighted by atomic mass is 16.7. The van der Waals surface area contributed by atoms with Gasteiger partial charge in [0.1, 0.15) is 18.1 Å². The van der Waals surface area contributed by atoms with Gasteiger partial charge in [-0.25, -0.2) is 9.59 Å². The zero-order valence-corrected chi connectivity index (χ0v) is 24.5. The number of carbonyl (C=O) groups is 2. The van der Waals surface area contributed by atoms with Gasteiger partial charge in [0.2, 0.25) is 0 Å². The molecule has 0 aliphatic carbocycles. The summed E-state index contributed by atoms with van der Waals surface area (Å²) in [6, 6.07) is 11.8. The molecule has 0 bridgehead atoms. The van der Waals surface area contributed by atoms with Crippen LogP contribution in [0, 0.1) is 34.6 Å². The van der Waals surface area contributed by atoms with Crippen LogP contribution in [-0.2, 0) is 22.5 Å². The van der Waals surface area contributed by atoms with Crippen molar-refractivity contribution in [2.75, 3.05) is 13.9 Å². The molecular weight excluding hydrogens is 504 g/mol. The third-order valence-electron chi connectivity index (χ3n) is 7.02. The molecule has 3 aromatic rings. The van der Waals surface area contributed by atoms with Crippen LogP contribution in [0.1, 0.15) is 72.1 Å². The third-order valence-corrected chi connectivity index (χ3v) is 7.02. The fourth-order valence-corrected chi connectivity index (χ4v) is 4.76. The van der Waals surface area contributed by atoms with Gasteiger partial charge < -0.3 is 18.9 Å². The average molecular weight is 543 g/mol. The fourth-order valence-electron chi connectivity index (χ4n) is 4.76. The Labute approximate surface area is 237 Å². The van der Waals surface area contributed by atoms with Crippen LogP contribution in [-0.4, -0.2) is 25.8 Å². The molecule has 0 aliphatic heterocycles. The molecule has 0 saturated carbocycles. The second-order valence-corrected chi connectivity index (χ2v) is 9.66. The Hall–Kier alpha value is -4.16. The maximum Gasteiger partial charge on any atom is 0.344 e. The Morgan fingerprint density at radius 1 is 0.900 bits per heavy atom. The van der Waals surface area contributed by atoms with Crippen LogP contribution in [0.3, 0.4) is 0 Å². The second-order valence-electron chi connectivity index (χ2n) is 9.66. The van der Waals surface area contributed by atoms with E-state index in [2.05, 4.69) is 6.58 Å². The summed E-state index contributed by atoms with van der Waals surface area (Å²) in [6.07, 6.45) is 6.11.